The van der Waals surface area contributed by atoms with E-state index >= 15 is 0 Å². The Morgan fingerprint density at radius 1 is 1.12 bits per heavy atom. The van der Waals surface area contributed by atoms with Gasteiger partial charge in [-0.15, -0.1) is 0 Å². The second kappa shape index (κ2) is 14.6. The van der Waals surface area contributed by atoms with Crippen LogP contribution in [0.3, 0.4) is 0 Å². The van der Waals surface area contributed by atoms with E-state index in [0.717, 1.165) is 33.6 Å². The Labute approximate surface area is 243 Å². The zero-order chi connectivity index (χ0) is 24.7. The minimum atomic E-state index is -1.38. The molecule has 0 spiro atoms. The SMILES string of the molecule is COCc1c(C(C)C)nc(C(C)C)c(/C=C/[C@@H](O)C[C@@H](O)CC(=O)[O-])c1-c1ccc(F)cc1.[K+]. The first-order valence-corrected chi connectivity index (χ1v) is 11.1. The standard InChI is InChI=1S/C26H34FNO5.K/c1-15(2)25-21(11-10-19(29)12-20(30)13-23(31)32)24(17-6-8-18(27)9-7-17)22(14-33-5)26(28-25)16(3)4;/h6-11,15-16,19-20,29-30H,12-14H2,1-5H3,(H,31,32);/q;+1/p-1/b11-10+;/t19-,20-;/m1./s1. The van der Waals surface area contributed by atoms with Gasteiger partial charge in [0.2, 0.25) is 0 Å². The average Bonchev–Trinajstić information content (AvgIpc) is 2.72. The molecule has 34 heavy (non-hydrogen) atoms. The quantitative estimate of drug-likeness (QED) is 0.440. The van der Waals surface area contributed by atoms with Crippen molar-refractivity contribution in [1.29, 1.82) is 0 Å². The summed E-state index contributed by atoms with van der Waals surface area (Å²) in [6.45, 7) is 8.46. The van der Waals surface area contributed by atoms with Gasteiger partial charge < -0.3 is 24.9 Å². The smallest absolute Gasteiger partial charge is 0.550 e. The van der Waals surface area contributed by atoms with E-state index in [9.17, 15) is 24.5 Å². The average molecular weight is 498 g/mol. The first kappa shape index (κ1) is 31.1. The van der Waals surface area contributed by atoms with E-state index in [2.05, 4.69) is 13.8 Å². The second-order valence-corrected chi connectivity index (χ2v) is 8.79. The molecule has 0 bridgehead atoms. The molecule has 1 aromatic heterocycles. The van der Waals surface area contributed by atoms with E-state index in [1.54, 1.807) is 25.3 Å². The van der Waals surface area contributed by atoms with E-state index in [0.29, 0.717) is 6.61 Å². The number of carboxylic acid groups (broad SMARTS) is 1. The molecule has 0 saturated heterocycles. The second-order valence-electron chi connectivity index (χ2n) is 8.79. The van der Waals surface area contributed by atoms with Crippen molar-refractivity contribution in [3.63, 3.8) is 0 Å². The fraction of sp³-hybridized carbons (Fsp3) is 0.462. The molecular weight excluding hydrogens is 464 g/mol. The maximum absolute atomic E-state index is 13.7. The molecule has 0 saturated carbocycles. The summed E-state index contributed by atoms with van der Waals surface area (Å²) in [5.74, 6) is -1.55. The molecule has 8 heteroatoms. The van der Waals surface area contributed by atoms with Crippen LogP contribution in [-0.4, -0.2) is 40.5 Å². The number of halogens is 1. The molecule has 2 atom stereocenters. The Morgan fingerprint density at radius 2 is 1.71 bits per heavy atom. The van der Waals surface area contributed by atoms with Crippen LogP contribution in [0.5, 0.6) is 0 Å². The fourth-order valence-corrected chi connectivity index (χ4v) is 3.84. The molecule has 0 amide bonds. The van der Waals surface area contributed by atoms with Gasteiger partial charge in [-0.1, -0.05) is 52.0 Å². The number of ether oxygens (including phenoxy) is 1. The zero-order valence-corrected chi connectivity index (χ0v) is 24.0. The monoisotopic (exact) mass is 497 g/mol. The third-order valence-corrected chi connectivity index (χ3v) is 5.31. The summed E-state index contributed by atoms with van der Waals surface area (Å²) in [5.41, 5.74) is 4.99. The largest absolute Gasteiger partial charge is 1.00 e. The Hall–Kier alpha value is -0.974. The number of carbonyl (C=O) groups excluding carboxylic acids is 1. The number of rotatable bonds is 11. The molecule has 1 aromatic carbocycles. The number of aromatic nitrogens is 1. The summed E-state index contributed by atoms with van der Waals surface area (Å²) < 4.78 is 19.2. The summed E-state index contributed by atoms with van der Waals surface area (Å²) >= 11 is 0. The molecule has 6 nitrogen and oxygen atoms in total. The van der Waals surface area contributed by atoms with Gasteiger partial charge in [0.25, 0.3) is 0 Å². The van der Waals surface area contributed by atoms with Gasteiger partial charge in [0.05, 0.1) is 24.5 Å². The van der Waals surface area contributed by atoms with Gasteiger partial charge in [0.1, 0.15) is 5.82 Å². The Morgan fingerprint density at radius 3 is 2.21 bits per heavy atom. The summed E-state index contributed by atoms with van der Waals surface area (Å²) in [4.78, 5) is 15.6. The van der Waals surface area contributed by atoms with Gasteiger partial charge >= 0.3 is 51.4 Å². The number of methoxy groups -OCH3 is 1. The number of hydrogen-bond acceptors (Lipinski definition) is 6. The number of nitrogens with zero attached hydrogens (tertiary/aromatic N) is 1. The number of carboxylic acids is 1. The Bertz CT molecular complexity index is 976. The van der Waals surface area contributed by atoms with Crippen LogP contribution >= 0.6 is 0 Å². The predicted octanol–water partition coefficient (Wildman–Crippen LogP) is 0.550. The van der Waals surface area contributed by atoms with Crippen molar-refractivity contribution >= 4 is 12.0 Å². The molecule has 0 aliphatic rings. The van der Waals surface area contributed by atoms with Crippen molar-refractivity contribution in [2.75, 3.05) is 7.11 Å². The van der Waals surface area contributed by atoms with Crippen molar-refractivity contribution in [2.24, 2.45) is 0 Å². The minimum Gasteiger partial charge on any atom is -0.550 e. The third-order valence-electron chi connectivity index (χ3n) is 5.31. The first-order valence-electron chi connectivity index (χ1n) is 11.1. The minimum absolute atomic E-state index is 0. The molecule has 2 aromatic rings. The van der Waals surface area contributed by atoms with Crippen LogP contribution in [0.15, 0.2) is 30.3 Å². The summed E-state index contributed by atoms with van der Waals surface area (Å²) in [6, 6.07) is 6.20. The number of aliphatic hydroxyl groups is 2. The Kier molecular flexibility index (Phi) is 13.3. The van der Waals surface area contributed by atoms with Crippen molar-refractivity contribution in [3.05, 3.63) is 58.7 Å². The van der Waals surface area contributed by atoms with Crippen molar-refractivity contribution in [2.45, 2.75) is 71.2 Å². The topological polar surface area (TPSA) is 103 Å². The van der Waals surface area contributed by atoms with E-state index in [4.69, 9.17) is 9.72 Å². The van der Waals surface area contributed by atoms with E-state index in [1.165, 1.54) is 18.2 Å². The molecule has 2 N–H and O–H groups in total. The third kappa shape index (κ3) is 8.60. The van der Waals surface area contributed by atoms with Gasteiger partial charge in [-0.05, 0) is 35.1 Å². The molecule has 1 heterocycles. The van der Waals surface area contributed by atoms with Gasteiger partial charge in [0.15, 0.2) is 0 Å². The molecule has 2 rings (SSSR count). The van der Waals surface area contributed by atoms with E-state index in [-0.39, 0.29) is 75.5 Å². The van der Waals surface area contributed by atoms with Crippen molar-refractivity contribution < 1.29 is 80.6 Å². The summed E-state index contributed by atoms with van der Waals surface area (Å²) in [6.07, 6.45) is 0.264. The predicted molar refractivity (Wildman–Crippen MR) is 124 cm³/mol. The zero-order valence-electron chi connectivity index (χ0n) is 20.8. The number of pyridine rings is 1. The molecule has 0 radical (unpaired) electrons. The maximum Gasteiger partial charge on any atom is 1.00 e. The number of hydrogen-bond donors (Lipinski definition) is 2. The van der Waals surface area contributed by atoms with Crippen LogP contribution in [0, 0.1) is 5.82 Å². The molecule has 0 aliphatic carbocycles. The normalized spacial score (nSPS) is 13.4. The van der Waals surface area contributed by atoms with Crippen molar-refractivity contribution in [1.82, 2.24) is 4.98 Å². The van der Waals surface area contributed by atoms with Gasteiger partial charge in [-0.3, -0.25) is 4.98 Å². The van der Waals surface area contributed by atoms with Crippen LogP contribution in [0.2, 0.25) is 0 Å². The molecule has 180 valence electrons. The van der Waals surface area contributed by atoms with Crippen LogP contribution in [0.1, 0.15) is 74.9 Å². The first-order chi connectivity index (χ1) is 15.5. The van der Waals surface area contributed by atoms with E-state index < -0.39 is 24.6 Å². The van der Waals surface area contributed by atoms with Crippen LogP contribution in [-0.2, 0) is 16.1 Å². The number of aliphatic hydroxyl groups excluding tert-OH is 2. The van der Waals surface area contributed by atoms with Crippen LogP contribution in [0.4, 0.5) is 4.39 Å². The Balaban J connectivity index is 0.00000578. The number of aliphatic carboxylic acids is 1. The van der Waals surface area contributed by atoms with Gasteiger partial charge in [0, 0.05) is 42.7 Å². The molecular formula is C26H33FKNO5. The van der Waals surface area contributed by atoms with Crippen LogP contribution < -0.4 is 56.5 Å². The molecule has 0 fully saturated rings. The van der Waals surface area contributed by atoms with Gasteiger partial charge in [-0.2, -0.15) is 0 Å². The maximum atomic E-state index is 13.7. The van der Waals surface area contributed by atoms with E-state index in [1.807, 2.05) is 13.8 Å². The summed E-state index contributed by atoms with van der Waals surface area (Å²) in [7, 11) is 1.60. The fourth-order valence-electron chi connectivity index (χ4n) is 3.84. The van der Waals surface area contributed by atoms with Crippen LogP contribution in [0.25, 0.3) is 17.2 Å². The number of carbonyl (C=O) groups is 1. The molecule has 0 aliphatic heterocycles. The van der Waals surface area contributed by atoms with Gasteiger partial charge in [-0.25, -0.2) is 4.39 Å². The molecule has 0 unspecified atom stereocenters. The van der Waals surface area contributed by atoms with Crippen molar-refractivity contribution in [3.8, 4) is 11.1 Å². The number of benzene rings is 1. The summed E-state index contributed by atoms with van der Waals surface area (Å²) in [5, 5.41) is 30.9.